The van der Waals surface area contributed by atoms with Crippen molar-refractivity contribution in [3.8, 4) is 5.75 Å². The van der Waals surface area contributed by atoms with Gasteiger partial charge in [-0.25, -0.2) is 0 Å². The molecule has 0 bridgehead atoms. The Morgan fingerprint density at radius 1 is 1.30 bits per heavy atom. The lowest BCUT2D eigenvalue weighted by atomic mass is 10.2. The number of benzene rings is 1. The summed E-state index contributed by atoms with van der Waals surface area (Å²) in [5.41, 5.74) is 0.811. The van der Waals surface area contributed by atoms with Crippen molar-refractivity contribution < 1.29 is 17.9 Å². The molecule has 1 saturated carbocycles. The minimum atomic E-state index is -3.70. The Labute approximate surface area is 137 Å². The van der Waals surface area contributed by atoms with E-state index >= 15 is 0 Å². The average Bonchev–Trinajstić information content (AvgIpc) is 3.30. The van der Waals surface area contributed by atoms with E-state index in [1.807, 2.05) is 6.07 Å². The molecule has 128 valence electrons. The SMILES string of the molecule is COc1cccc(CN(C)S(=O)(=O)N(C)CC(=O)NC2CC2)c1. The molecule has 1 amide bonds. The molecule has 0 spiro atoms. The van der Waals surface area contributed by atoms with Gasteiger partial charge in [0.2, 0.25) is 5.91 Å². The quantitative estimate of drug-likeness (QED) is 0.750. The number of likely N-dealkylation sites (N-methyl/N-ethyl adjacent to an activating group) is 1. The molecule has 1 aromatic rings. The maximum absolute atomic E-state index is 12.5. The molecule has 1 fully saturated rings. The predicted octanol–water partition coefficient (Wildman–Crippen LogP) is 0.582. The predicted molar refractivity (Wildman–Crippen MR) is 87.2 cm³/mol. The molecular weight excluding hydrogens is 318 g/mol. The van der Waals surface area contributed by atoms with E-state index in [0.29, 0.717) is 5.75 Å². The number of ether oxygens (including phenoxy) is 1. The van der Waals surface area contributed by atoms with Gasteiger partial charge in [-0.2, -0.15) is 17.0 Å². The van der Waals surface area contributed by atoms with Gasteiger partial charge in [-0.1, -0.05) is 12.1 Å². The van der Waals surface area contributed by atoms with Crippen LogP contribution in [0.15, 0.2) is 24.3 Å². The molecule has 0 atom stereocenters. The van der Waals surface area contributed by atoms with Crippen LogP contribution in [0.4, 0.5) is 0 Å². The molecule has 0 radical (unpaired) electrons. The van der Waals surface area contributed by atoms with Crippen LogP contribution in [-0.2, 0) is 21.5 Å². The standard InChI is InChI=1S/C15H23N3O4S/c1-17(10-12-5-4-6-14(9-12)22-3)23(20,21)18(2)11-15(19)16-13-7-8-13/h4-6,9,13H,7-8,10-11H2,1-3H3,(H,16,19). The van der Waals surface area contributed by atoms with Gasteiger partial charge in [-0.05, 0) is 30.5 Å². The molecule has 0 heterocycles. The Bertz CT molecular complexity index is 658. The lowest BCUT2D eigenvalue weighted by Gasteiger charge is -2.24. The van der Waals surface area contributed by atoms with E-state index in [4.69, 9.17) is 4.74 Å². The summed E-state index contributed by atoms with van der Waals surface area (Å²) in [6.07, 6.45) is 1.94. The molecule has 1 aliphatic carbocycles. The van der Waals surface area contributed by atoms with Crippen LogP contribution in [0.5, 0.6) is 5.75 Å². The normalized spacial score (nSPS) is 15.0. The second-order valence-corrected chi connectivity index (χ2v) is 7.86. The Hall–Kier alpha value is -1.64. The summed E-state index contributed by atoms with van der Waals surface area (Å²) in [7, 11) is 0.756. The Balaban J connectivity index is 1.97. The van der Waals surface area contributed by atoms with Gasteiger partial charge in [0, 0.05) is 26.7 Å². The van der Waals surface area contributed by atoms with Gasteiger partial charge in [0.05, 0.1) is 13.7 Å². The minimum absolute atomic E-state index is 0.179. The maximum atomic E-state index is 12.5. The molecule has 2 rings (SSSR count). The monoisotopic (exact) mass is 341 g/mol. The van der Waals surface area contributed by atoms with E-state index in [1.165, 1.54) is 18.4 Å². The third-order valence-electron chi connectivity index (χ3n) is 3.64. The van der Waals surface area contributed by atoms with E-state index < -0.39 is 10.2 Å². The molecule has 1 aromatic carbocycles. The Kier molecular flexibility index (Phi) is 5.61. The maximum Gasteiger partial charge on any atom is 0.282 e. The lowest BCUT2D eigenvalue weighted by molar-refractivity contribution is -0.121. The first-order chi connectivity index (χ1) is 10.8. The van der Waals surface area contributed by atoms with Crippen molar-refractivity contribution in [2.24, 2.45) is 0 Å². The molecule has 0 aromatic heterocycles. The van der Waals surface area contributed by atoms with Gasteiger partial charge in [0.1, 0.15) is 5.75 Å². The molecule has 0 aliphatic heterocycles. The Morgan fingerprint density at radius 3 is 2.61 bits per heavy atom. The third-order valence-corrected chi connectivity index (χ3v) is 5.47. The minimum Gasteiger partial charge on any atom is -0.497 e. The molecular formula is C15H23N3O4S. The third kappa shape index (κ3) is 4.92. The fourth-order valence-electron chi connectivity index (χ4n) is 2.13. The number of amides is 1. The zero-order valence-electron chi connectivity index (χ0n) is 13.7. The van der Waals surface area contributed by atoms with Crippen molar-refractivity contribution in [3.05, 3.63) is 29.8 Å². The summed E-state index contributed by atoms with van der Waals surface area (Å²) < 4.78 is 32.3. The largest absolute Gasteiger partial charge is 0.497 e. The number of nitrogens with zero attached hydrogens (tertiary/aromatic N) is 2. The van der Waals surface area contributed by atoms with E-state index in [9.17, 15) is 13.2 Å². The topological polar surface area (TPSA) is 79.0 Å². The van der Waals surface area contributed by atoms with Crippen molar-refractivity contribution in [2.45, 2.75) is 25.4 Å². The van der Waals surface area contributed by atoms with E-state index in [2.05, 4.69) is 5.32 Å². The fourth-order valence-corrected chi connectivity index (χ4v) is 3.20. The summed E-state index contributed by atoms with van der Waals surface area (Å²) in [5.74, 6) is 0.402. The molecule has 23 heavy (non-hydrogen) atoms. The number of hydrogen-bond acceptors (Lipinski definition) is 4. The molecule has 0 saturated heterocycles. The van der Waals surface area contributed by atoms with Gasteiger partial charge < -0.3 is 10.1 Å². The highest BCUT2D eigenvalue weighted by molar-refractivity contribution is 7.86. The first-order valence-corrected chi connectivity index (χ1v) is 8.82. The van der Waals surface area contributed by atoms with Crippen LogP contribution in [0, 0.1) is 0 Å². The average molecular weight is 341 g/mol. The highest BCUT2D eigenvalue weighted by Gasteiger charge is 2.28. The number of rotatable bonds is 8. The molecule has 8 heteroatoms. The molecule has 1 N–H and O–H groups in total. The number of hydrogen-bond donors (Lipinski definition) is 1. The molecule has 7 nitrogen and oxygen atoms in total. The van der Waals surface area contributed by atoms with E-state index in [0.717, 1.165) is 22.7 Å². The van der Waals surface area contributed by atoms with Crippen molar-refractivity contribution in [1.82, 2.24) is 13.9 Å². The Morgan fingerprint density at radius 2 is 2.00 bits per heavy atom. The second kappa shape index (κ2) is 7.29. The van der Waals surface area contributed by atoms with Crippen LogP contribution in [-0.4, -0.2) is 56.7 Å². The first-order valence-electron chi connectivity index (χ1n) is 7.43. The zero-order valence-corrected chi connectivity index (χ0v) is 14.5. The van der Waals surface area contributed by atoms with Gasteiger partial charge in [-0.3, -0.25) is 4.79 Å². The summed E-state index contributed by atoms with van der Waals surface area (Å²) in [5, 5.41) is 2.78. The van der Waals surface area contributed by atoms with Gasteiger partial charge in [0.15, 0.2) is 0 Å². The van der Waals surface area contributed by atoms with Crippen LogP contribution < -0.4 is 10.1 Å². The summed E-state index contributed by atoms with van der Waals surface area (Å²) in [6.45, 7) is 0.0232. The second-order valence-electron chi connectivity index (χ2n) is 5.71. The van der Waals surface area contributed by atoms with Crippen molar-refractivity contribution in [1.29, 1.82) is 0 Å². The van der Waals surface area contributed by atoms with Gasteiger partial charge >= 0.3 is 0 Å². The zero-order chi connectivity index (χ0) is 17.0. The molecule has 1 aliphatic rings. The number of nitrogens with one attached hydrogen (secondary N) is 1. The van der Waals surface area contributed by atoms with Crippen LogP contribution >= 0.6 is 0 Å². The number of methoxy groups -OCH3 is 1. The highest BCUT2D eigenvalue weighted by atomic mass is 32.2. The fraction of sp³-hybridized carbons (Fsp3) is 0.533. The van der Waals surface area contributed by atoms with Gasteiger partial charge in [-0.15, -0.1) is 0 Å². The van der Waals surface area contributed by atoms with Crippen molar-refractivity contribution >= 4 is 16.1 Å². The summed E-state index contributed by atoms with van der Waals surface area (Å²) in [4.78, 5) is 11.8. The van der Waals surface area contributed by atoms with E-state index in [1.54, 1.807) is 25.3 Å². The summed E-state index contributed by atoms with van der Waals surface area (Å²) >= 11 is 0. The van der Waals surface area contributed by atoms with Crippen molar-refractivity contribution in [3.63, 3.8) is 0 Å². The first kappa shape index (κ1) is 17.7. The van der Waals surface area contributed by atoms with E-state index in [-0.39, 0.29) is 25.0 Å². The number of carbonyl (C=O) groups is 1. The van der Waals surface area contributed by atoms with Crippen LogP contribution in [0.2, 0.25) is 0 Å². The van der Waals surface area contributed by atoms with Crippen LogP contribution in [0.25, 0.3) is 0 Å². The van der Waals surface area contributed by atoms with Crippen molar-refractivity contribution in [2.75, 3.05) is 27.7 Å². The lowest BCUT2D eigenvalue weighted by Crippen LogP contribution is -2.44. The number of carbonyl (C=O) groups excluding carboxylic acids is 1. The smallest absolute Gasteiger partial charge is 0.282 e. The van der Waals surface area contributed by atoms with Gasteiger partial charge in [0.25, 0.3) is 10.2 Å². The molecule has 0 unspecified atom stereocenters. The summed E-state index contributed by atoms with van der Waals surface area (Å²) in [6, 6.07) is 7.43. The highest BCUT2D eigenvalue weighted by Crippen LogP contribution is 2.19. The van der Waals surface area contributed by atoms with Crippen LogP contribution in [0.1, 0.15) is 18.4 Å². The van der Waals surface area contributed by atoms with Crippen LogP contribution in [0.3, 0.4) is 0 Å².